The van der Waals surface area contributed by atoms with Gasteiger partial charge in [-0.3, -0.25) is 9.69 Å². The van der Waals surface area contributed by atoms with E-state index in [0.29, 0.717) is 6.54 Å². The Morgan fingerprint density at radius 3 is 2.84 bits per heavy atom. The number of rotatable bonds is 3. The van der Waals surface area contributed by atoms with E-state index in [9.17, 15) is 4.79 Å². The highest BCUT2D eigenvalue weighted by Crippen LogP contribution is 2.27. The SMILES string of the molecule is Cc1c(Cl)cccc1N1CCCN(CC(N)=O)CC1. The van der Waals surface area contributed by atoms with E-state index < -0.39 is 0 Å². The van der Waals surface area contributed by atoms with Gasteiger partial charge in [-0.15, -0.1) is 0 Å². The molecule has 1 aromatic carbocycles. The summed E-state index contributed by atoms with van der Waals surface area (Å²) in [6, 6.07) is 6.00. The number of nitrogens with two attached hydrogens (primary N) is 1. The fourth-order valence-corrected chi connectivity index (χ4v) is 2.70. The second-order valence-corrected chi connectivity index (χ2v) is 5.37. The predicted octanol–water partition coefficient (Wildman–Crippen LogP) is 1.65. The number of anilines is 1. The van der Waals surface area contributed by atoms with Crippen molar-refractivity contribution in [2.24, 2.45) is 5.73 Å². The third kappa shape index (κ3) is 3.61. The molecule has 1 aromatic rings. The van der Waals surface area contributed by atoms with Gasteiger partial charge in [0.05, 0.1) is 6.54 Å². The highest BCUT2D eigenvalue weighted by atomic mass is 35.5. The first kappa shape index (κ1) is 14.2. The van der Waals surface area contributed by atoms with Crippen LogP contribution < -0.4 is 10.6 Å². The highest BCUT2D eigenvalue weighted by molar-refractivity contribution is 6.31. The number of hydrogen-bond donors (Lipinski definition) is 1. The number of nitrogens with zero attached hydrogens (tertiary/aromatic N) is 2. The van der Waals surface area contributed by atoms with E-state index in [1.165, 1.54) is 5.69 Å². The van der Waals surface area contributed by atoms with E-state index in [2.05, 4.69) is 15.9 Å². The van der Waals surface area contributed by atoms with E-state index >= 15 is 0 Å². The van der Waals surface area contributed by atoms with E-state index in [4.69, 9.17) is 17.3 Å². The molecule has 0 atom stereocenters. The average Bonchev–Trinajstić information content (AvgIpc) is 2.58. The van der Waals surface area contributed by atoms with Crippen LogP contribution >= 0.6 is 11.6 Å². The maximum Gasteiger partial charge on any atom is 0.231 e. The van der Waals surface area contributed by atoms with Crippen molar-refractivity contribution in [1.29, 1.82) is 0 Å². The molecule has 0 spiro atoms. The normalized spacial score (nSPS) is 17.3. The lowest BCUT2D eigenvalue weighted by atomic mass is 10.1. The molecule has 0 unspecified atom stereocenters. The Balaban J connectivity index is 2.06. The van der Waals surface area contributed by atoms with Crippen LogP contribution in [0.15, 0.2) is 18.2 Å². The third-order valence-corrected chi connectivity index (χ3v) is 3.96. The fourth-order valence-electron chi connectivity index (χ4n) is 2.53. The van der Waals surface area contributed by atoms with Gasteiger partial charge in [0.25, 0.3) is 0 Å². The van der Waals surface area contributed by atoms with E-state index in [1.54, 1.807) is 0 Å². The molecular weight excluding hydrogens is 262 g/mol. The second kappa shape index (κ2) is 6.26. The number of hydrogen-bond acceptors (Lipinski definition) is 3. The molecule has 0 bridgehead atoms. The summed E-state index contributed by atoms with van der Waals surface area (Å²) >= 11 is 6.17. The number of carbonyl (C=O) groups is 1. The van der Waals surface area contributed by atoms with Gasteiger partial charge in [-0.05, 0) is 31.0 Å². The topological polar surface area (TPSA) is 49.6 Å². The highest BCUT2D eigenvalue weighted by Gasteiger charge is 2.17. The third-order valence-electron chi connectivity index (χ3n) is 3.55. The number of amides is 1. The number of halogens is 1. The molecule has 0 saturated carbocycles. The monoisotopic (exact) mass is 281 g/mol. The second-order valence-electron chi connectivity index (χ2n) is 4.97. The van der Waals surface area contributed by atoms with Crippen LogP contribution in [0.3, 0.4) is 0 Å². The molecule has 1 aliphatic heterocycles. The van der Waals surface area contributed by atoms with Crippen LogP contribution in [0.2, 0.25) is 5.02 Å². The maximum absolute atomic E-state index is 11.0. The Bertz CT molecular complexity index is 464. The molecular formula is C14H20ClN3O. The zero-order chi connectivity index (χ0) is 13.8. The molecule has 1 fully saturated rings. The quantitative estimate of drug-likeness (QED) is 0.916. The molecule has 104 valence electrons. The Morgan fingerprint density at radius 1 is 1.32 bits per heavy atom. The number of primary amides is 1. The molecule has 1 heterocycles. The summed E-state index contributed by atoms with van der Waals surface area (Å²) in [4.78, 5) is 15.4. The lowest BCUT2D eigenvalue weighted by Crippen LogP contribution is -2.36. The summed E-state index contributed by atoms with van der Waals surface area (Å²) in [5, 5.41) is 0.802. The van der Waals surface area contributed by atoms with Crippen molar-refractivity contribution in [3.05, 3.63) is 28.8 Å². The molecule has 0 aliphatic carbocycles. The molecule has 2 N–H and O–H groups in total. The van der Waals surface area contributed by atoms with Crippen molar-refractivity contribution in [3.8, 4) is 0 Å². The van der Waals surface area contributed by atoms with Crippen LogP contribution in [-0.2, 0) is 4.79 Å². The molecule has 1 aliphatic rings. The molecule has 2 rings (SSSR count). The van der Waals surface area contributed by atoms with E-state index in [1.807, 2.05) is 19.1 Å². The maximum atomic E-state index is 11.0. The first-order valence-electron chi connectivity index (χ1n) is 6.58. The molecule has 4 nitrogen and oxygen atoms in total. The number of carbonyl (C=O) groups excluding carboxylic acids is 1. The van der Waals surface area contributed by atoms with E-state index in [0.717, 1.165) is 43.2 Å². The standard InChI is InChI=1S/C14H20ClN3O/c1-11-12(15)4-2-5-13(11)18-7-3-6-17(8-9-18)10-14(16)19/h2,4-5H,3,6-10H2,1H3,(H2,16,19). The van der Waals surface area contributed by atoms with Crippen molar-refractivity contribution in [2.75, 3.05) is 37.6 Å². The van der Waals surface area contributed by atoms with Crippen molar-refractivity contribution in [1.82, 2.24) is 4.90 Å². The van der Waals surface area contributed by atoms with Crippen LogP contribution in [0.4, 0.5) is 5.69 Å². The Labute approximate surface area is 119 Å². The molecule has 5 heteroatoms. The van der Waals surface area contributed by atoms with Crippen LogP contribution in [0.5, 0.6) is 0 Å². The molecule has 1 saturated heterocycles. The largest absolute Gasteiger partial charge is 0.370 e. The van der Waals surface area contributed by atoms with E-state index in [-0.39, 0.29) is 5.91 Å². The summed E-state index contributed by atoms with van der Waals surface area (Å²) in [5.41, 5.74) is 7.56. The summed E-state index contributed by atoms with van der Waals surface area (Å²) in [5.74, 6) is -0.257. The van der Waals surface area contributed by atoms with Gasteiger partial charge in [0, 0.05) is 36.9 Å². The Hall–Kier alpha value is -1.26. The van der Waals surface area contributed by atoms with Gasteiger partial charge in [0.2, 0.25) is 5.91 Å². The minimum atomic E-state index is -0.257. The summed E-state index contributed by atoms with van der Waals surface area (Å²) < 4.78 is 0. The van der Waals surface area contributed by atoms with Crippen molar-refractivity contribution in [2.45, 2.75) is 13.3 Å². The van der Waals surface area contributed by atoms with Crippen LogP contribution in [0, 0.1) is 6.92 Å². The summed E-state index contributed by atoms with van der Waals surface area (Å²) in [7, 11) is 0. The lowest BCUT2D eigenvalue weighted by molar-refractivity contribution is -0.119. The van der Waals surface area contributed by atoms with Gasteiger partial charge in [0.15, 0.2) is 0 Å². The zero-order valence-corrected chi connectivity index (χ0v) is 12.0. The Morgan fingerprint density at radius 2 is 2.11 bits per heavy atom. The van der Waals surface area contributed by atoms with Gasteiger partial charge in [-0.25, -0.2) is 0 Å². The minimum Gasteiger partial charge on any atom is -0.370 e. The molecule has 0 aromatic heterocycles. The average molecular weight is 282 g/mol. The van der Waals surface area contributed by atoms with Crippen molar-refractivity contribution in [3.63, 3.8) is 0 Å². The Kier molecular flexibility index (Phi) is 4.66. The molecule has 19 heavy (non-hydrogen) atoms. The zero-order valence-electron chi connectivity index (χ0n) is 11.2. The molecule has 0 radical (unpaired) electrons. The van der Waals surface area contributed by atoms with Crippen molar-refractivity contribution < 1.29 is 4.79 Å². The molecule has 1 amide bonds. The van der Waals surface area contributed by atoms with Crippen LogP contribution in [0.25, 0.3) is 0 Å². The van der Waals surface area contributed by atoms with Gasteiger partial charge in [-0.2, -0.15) is 0 Å². The summed E-state index contributed by atoms with van der Waals surface area (Å²) in [6.45, 7) is 6.05. The minimum absolute atomic E-state index is 0.257. The predicted molar refractivity (Wildman–Crippen MR) is 78.7 cm³/mol. The van der Waals surface area contributed by atoms with Gasteiger partial charge < -0.3 is 10.6 Å². The summed E-state index contributed by atoms with van der Waals surface area (Å²) in [6.07, 6.45) is 1.03. The first-order chi connectivity index (χ1) is 9.08. The van der Waals surface area contributed by atoms with Gasteiger partial charge in [0.1, 0.15) is 0 Å². The van der Waals surface area contributed by atoms with Gasteiger partial charge >= 0.3 is 0 Å². The van der Waals surface area contributed by atoms with Gasteiger partial charge in [-0.1, -0.05) is 17.7 Å². The van der Waals surface area contributed by atoms with Crippen LogP contribution in [0.1, 0.15) is 12.0 Å². The number of benzene rings is 1. The fraction of sp³-hybridized carbons (Fsp3) is 0.500. The van der Waals surface area contributed by atoms with Crippen molar-refractivity contribution >= 4 is 23.2 Å². The lowest BCUT2D eigenvalue weighted by Gasteiger charge is -2.25. The smallest absolute Gasteiger partial charge is 0.231 e. The first-order valence-corrected chi connectivity index (χ1v) is 6.96. The van der Waals surface area contributed by atoms with Crippen LogP contribution in [-0.4, -0.2) is 43.5 Å².